The number of hydrogen-bond acceptors (Lipinski definition) is 0. The second kappa shape index (κ2) is 5.08. The molecule has 0 aliphatic rings. The van der Waals surface area contributed by atoms with E-state index in [4.69, 9.17) is 69.6 Å². The quantitative estimate of drug-likeness (QED) is 0.604. The van der Waals surface area contributed by atoms with E-state index >= 15 is 0 Å². The van der Waals surface area contributed by atoms with E-state index in [0.29, 0.717) is 11.1 Å². The van der Waals surface area contributed by atoms with E-state index in [1.165, 1.54) is 0 Å². The van der Waals surface area contributed by atoms with Gasteiger partial charge in [0.2, 0.25) is 3.79 Å². The molecule has 0 N–H and O–H groups in total. The standard InChI is InChI=1S/C9H6Cl6/c10-8(11,12)5-6-3-1-2-4-7(6)9(13,14)15/h1-4H,5H2. The van der Waals surface area contributed by atoms with Gasteiger partial charge in [0, 0.05) is 12.0 Å². The van der Waals surface area contributed by atoms with Gasteiger partial charge < -0.3 is 0 Å². The minimum atomic E-state index is -1.51. The molecule has 0 heterocycles. The van der Waals surface area contributed by atoms with Gasteiger partial charge in [0.05, 0.1) is 0 Å². The lowest BCUT2D eigenvalue weighted by atomic mass is 10.1. The van der Waals surface area contributed by atoms with Crippen molar-refractivity contribution < 1.29 is 0 Å². The van der Waals surface area contributed by atoms with Gasteiger partial charge in [-0.25, -0.2) is 0 Å². The van der Waals surface area contributed by atoms with Crippen LogP contribution < -0.4 is 0 Å². The van der Waals surface area contributed by atoms with Gasteiger partial charge in [-0.1, -0.05) is 93.9 Å². The van der Waals surface area contributed by atoms with E-state index in [2.05, 4.69) is 0 Å². The van der Waals surface area contributed by atoms with Crippen molar-refractivity contribution in [2.24, 2.45) is 0 Å². The van der Waals surface area contributed by atoms with Crippen LogP contribution in [-0.4, -0.2) is 3.79 Å². The van der Waals surface area contributed by atoms with Gasteiger partial charge in [0.1, 0.15) is 0 Å². The van der Waals surface area contributed by atoms with Crippen LogP contribution in [0.25, 0.3) is 0 Å². The number of hydrogen-bond donors (Lipinski definition) is 0. The number of benzene rings is 1. The molecule has 0 nitrogen and oxygen atoms in total. The maximum absolute atomic E-state index is 5.79. The summed E-state index contributed by atoms with van der Waals surface area (Å²) < 4.78 is -2.90. The second-order valence-electron chi connectivity index (χ2n) is 2.95. The highest BCUT2D eigenvalue weighted by molar-refractivity contribution is 6.68. The monoisotopic (exact) mass is 324 g/mol. The summed E-state index contributed by atoms with van der Waals surface area (Å²) in [6.07, 6.45) is 0.196. The maximum Gasteiger partial charge on any atom is 0.216 e. The van der Waals surface area contributed by atoms with Gasteiger partial charge in [-0.05, 0) is 5.56 Å². The van der Waals surface area contributed by atoms with Crippen molar-refractivity contribution in [3.8, 4) is 0 Å². The summed E-state index contributed by atoms with van der Waals surface area (Å²) in [4.78, 5) is 0. The van der Waals surface area contributed by atoms with Gasteiger partial charge in [-0.3, -0.25) is 0 Å². The fourth-order valence-electron chi connectivity index (χ4n) is 1.17. The zero-order valence-electron chi connectivity index (χ0n) is 7.28. The lowest BCUT2D eigenvalue weighted by molar-refractivity contribution is 0.984. The predicted molar refractivity (Wildman–Crippen MR) is 69.7 cm³/mol. The summed E-state index contributed by atoms with van der Waals surface area (Å²) in [5.74, 6) is 0. The van der Waals surface area contributed by atoms with Crippen LogP contribution in [0, 0.1) is 0 Å². The minimum absolute atomic E-state index is 0.196. The lowest BCUT2D eigenvalue weighted by Crippen LogP contribution is -2.12. The van der Waals surface area contributed by atoms with Gasteiger partial charge in [0.25, 0.3) is 0 Å². The van der Waals surface area contributed by atoms with Gasteiger partial charge in [0.15, 0.2) is 3.79 Å². The van der Waals surface area contributed by atoms with Gasteiger partial charge in [-0.15, -0.1) is 0 Å². The zero-order valence-corrected chi connectivity index (χ0v) is 11.8. The second-order valence-corrected chi connectivity index (χ2v) is 7.74. The number of alkyl halides is 6. The van der Waals surface area contributed by atoms with Crippen LogP contribution in [0.15, 0.2) is 24.3 Å². The summed E-state index contributed by atoms with van der Waals surface area (Å²) in [6.45, 7) is 0. The fourth-order valence-corrected chi connectivity index (χ4v) is 2.15. The average Bonchev–Trinajstić information content (AvgIpc) is 1.99. The third-order valence-electron chi connectivity index (χ3n) is 1.71. The molecule has 0 amide bonds. The Morgan fingerprint density at radius 1 is 0.867 bits per heavy atom. The Bertz CT molecular complexity index is 335. The first-order valence-corrected chi connectivity index (χ1v) is 6.19. The summed E-state index contributed by atoms with van der Waals surface area (Å²) in [7, 11) is 0. The summed E-state index contributed by atoms with van der Waals surface area (Å²) in [5, 5.41) is 0. The Kier molecular flexibility index (Phi) is 4.75. The molecule has 15 heavy (non-hydrogen) atoms. The van der Waals surface area contributed by atoms with Gasteiger partial charge >= 0.3 is 0 Å². The molecule has 0 aromatic heterocycles. The predicted octanol–water partition coefficient (Wildman–Crippen LogP) is 5.43. The molecular formula is C9H6Cl6. The molecule has 0 bridgehead atoms. The SMILES string of the molecule is ClC(Cl)(Cl)Cc1ccccc1C(Cl)(Cl)Cl. The van der Waals surface area contributed by atoms with Crippen LogP contribution in [0.1, 0.15) is 11.1 Å². The number of rotatable bonds is 1. The minimum Gasteiger partial charge on any atom is -0.0833 e. The molecule has 0 saturated carbocycles. The highest BCUT2D eigenvalue weighted by atomic mass is 35.6. The van der Waals surface area contributed by atoms with Crippen molar-refractivity contribution in [2.45, 2.75) is 14.0 Å². The van der Waals surface area contributed by atoms with E-state index in [1.807, 2.05) is 0 Å². The zero-order chi connectivity index (χ0) is 11.7. The van der Waals surface area contributed by atoms with Crippen molar-refractivity contribution in [3.05, 3.63) is 35.4 Å². The lowest BCUT2D eigenvalue weighted by Gasteiger charge is -2.18. The van der Waals surface area contributed by atoms with Crippen molar-refractivity contribution in [1.29, 1.82) is 0 Å². The fraction of sp³-hybridized carbons (Fsp3) is 0.333. The normalized spacial score (nSPS) is 12.9. The maximum atomic E-state index is 5.79. The number of halogens is 6. The summed E-state index contributed by atoms with van der Waals surface area (Å²) in [5.41, 5.74) is 1.24. The van der Waals surface area contributed by atoms with E-state index in [-0.39, 0.29) is 6.42 Å². The molecule has 0 unspecified atom stereocenters. The Balaban J connectivity index is 3.08. The smallest absolute Gasteiger partial charge is 0.0833 e. The molecule has 0 spiro atoms. The van der Waals surface area contributed by atoms with Crippen molar-refractivity contribution >= 4 is 69.6 Å². The topological polar surface area (TPSA) is 0 Å². The summed E-state index contributed by atoms with van der Waals surface area (Å²) in [6, 6.07) is 7.02. The van der Waals surface area contributed by atoms with Crippen LogP contribution in [0.5, 0.6) is 0 Å². The third kappa shape index (κ3) is 4.77. The first-order valence-electron chi connectivity index (χ1n) is 3.92. The summed E-state index contributed by atoms with van der Waals surface area (Å²) >= 11 is 34.5. The molecule has 0 saturated heterocycles. The van der Waals surface area contributed by atoms with Gasteiger partial charge in [-0.2, -0.15) is 0 Å². The van der Waals surface area contributed by atoms with Crippen LogP contribution in [0.2, 0.25) is 0 Å². The molecule has 1 aromatic carbocycles. The Hall–Kier alpha value is 0.960. The van der Waals surface area contributed by atoms with Crippen molar-refractivity contribution in [3.63, 3.8) is 0 Å². The molecule has 1 rings (SSSR count). The Morgan fingerprint density at radius 2 is 1.40 bits per heavy atom. The molecule has 0 aliphatic heterocycles. The molecular weight excluding hydrogens is 321 g/mol. The Labute approximate surface area is 118 Å². The molecule has 84 valence electrons. The largest absolute Gasteiger partial charge is 0.216 e. The van der Waals surface area contributed by atoms with Crippen LogP contribution in [0.3, 0.4) is 0 Å². The average molecular weight is 327 g/mol. The van der Waals surface area contributed by atoms with Crippen LogP contribution in [0.4, 0.5) is 0 Å². The molecule has 6 heteroatoms. The molecule has 0 atom stereocenters. The van der Waals surface area contributed by atoms with Crippen LogP contribution >= 0.6 is 69.6 Å². The van der Waals surface area contributed by atoms with E-state index in [0.717, 1.165) is 0 Å². The Morgan fingerprint density at radius 3 is 1.87 bits per heavy atom. The van der Waals surface area contributed by atoms with Crippen molar-refractivity contribution in [1.82, 2.24) is 0 Å². The molecule has 0 fully saturated rings. The molecule has 0 radical (unpaired) electrons. The highest BCUT2D eigenvalue weighted by Crippen LogP contribution is 2.42. The van der Waals surface area contributed by atoms with E-state index in [1.54, 1.807) is 24.3 Å². The molecule has 1 aromatic rings. The van der Waals surface area contributed by atoms with Crippen molar-refractivity contribution in [2.75, 3.05) is 0 Å². The first kappa shape index (κ1) is 14.0. The highest BCUT2D eigenvalue weighted by Gasteiger charge is 2.29. The molecule has 0 aliphatic carbocycles. The first-order chi connectivity index (χ1) is 6.70. The third-order valence-corrected chi connectivity index (χ3v) is 2.73. The van der Waals surface area contributed by atoms with E-state index < -0.39 is 7.59 Å². The van der Waals surface area contributed by atoms with Crippen LogP contribution in [-0.2, 0) is 10.2 Å². The van der Waals surface area contributed by atoms with E-state index in [9.17, 15) is 0 Å².